The van der Waals surface area contributed by atoms with Gasteiger partial charge in [0.05, 0.1) is 22.8 Å². The van der Waals surface area contributed by atoms with Crippen molar-refractivity contribution in [1.82, 2.24) is 9.78 Å². The van der Waals surface area contributed by atoms with Crippen LogP contribution in [-0.2, 0) is 0 Å². The number of hydrogen-bond donors (Lipinski definition) is 2. The number of nitrogens with two attached hydrogens (primary N) is 2. The van der Waals surface area contributed by atoms with Crippen LogP contribution < -0.4 is 11.5 Å². The first-order valence-corrected chi connectivity index (χ1v) is 5.29. The van der Waals surface area contributed by atoms with Crippen molar-refractivity contribution in [2.24, 2.45) is 0 Å². The van der Waals surface area contributed by atoms with Gasteiger partial charge in [-0.05, 0) is 30.2 Å². The van der Waals surface area contributed by atoms with Gasteiger partial charge < -0.3 is 11.5 Å². The van der Waals surface area contributed by atoms with Crippen molar-refractivity contribution in [2.75, 3.05) is 11.5 Å². The topological polar surface area (TPSA) is 69.9 Å². The lowest BCUT2D eigenvalue weighted by molar-refractivity contribution is 0.768. The molecule has 84 valence electrons. The maximum absolute atomic E-state index is 5.76. The summed E-state index contributed by atoms with van der Waals surface area (Å²) < 4.78 is 1.81. The first-order valence-electron chi connectivity index (χ1n) is 5.29. The molecule has 0 radical (unpaired) electrons. The average molecular weight is 216 g/mol. The predicted molar refractivity (Wildman–Crippen MR) is 66.5 cm³/mol. The number of rotatable bonds is 2. The Hall–Kier alpha value is -1.97. The lowest BCUT2D eigenvalue weighted by atomic mass is 10.1. The molecule has 2 aromatic rings. The second-order valence-electron chi connectivity index (χ2n) is 4.15. The fraction of sp³-hybridized carbons (Fsp3) is 0.250. The van der Waals surface area contributed by atoms with Crippen molar-refractivity contribution in [3.63, 3.8) is 0 Å². The van der Waals surface area contributed by atoms with Crippen LogP contribution in [0.2, 0.25) is 0 Å². The van der Waals surface area contributed by atoms with E-state index in [2.05, 4.69) is 18.9 Å². The molecule has 0 atom stereocenters. The first kappa shape index (κ1) is 10.5. The van der Waals surface area contributed by atoms with E-state index in [0.29, 0.717) is 17.3 Å². The van der Waals surface area contributed by atoms with Gasteiger partial charge in [0, 0.05) is 6.20 Å². The van der Waals surface area contributed by atoms with Crippen LogP contribution in [0.5, 0.6) is 0 Å². The number of nitrogen functional groups attached to an aromatic ring is 2. The molecule has 0 saturated carbocycles. The molecule has 0 aliphatic heterocycles. The van der Waals surface area contributed by atoms with E-state index >= 15 is 0 Å². The average Bonchev–Trinajstić information content (AvgIpc) is 2.71. The van der Waals surface area contributed by atoms with Crippen molar-refractivity contribution in [3.05, 3.63) is 36.2 Å². The van der Waals surface area contributed by atoms with Crippen molar-refractivity contribution >= 4 is 11.4 Å². The molecule has 1 heterocycles. The van der Waals surface area contributed by atoms with Crippen molar-refractivity contribution in [1.29, 1.82) is 0 Å². The number of anilines is 2. The maximum Gasteiger partial charge on any atom is 0.0667 e. The smallest absolute Gasteiger partial charge is 0.0667 e. The third-order valence-electron chi connectivity index (χ3n) is 2.54. The molecule has 4 N–H and O–H groups in total. The van der Waals surface area contributed by atoms with Gasteiger partial charge >= 0.3 is 0 Å². The molecular formula is C12H16N4. The monoisotopic (exact) mass is 216 g/mol. The number of hydrogen-bond acceptors (Lipinski definition) is 3. The third kappa shape index (κ3) is 1.86. The van der Waals surface area contributed by atoms with Crippen LogP contribution in [-0.4, -0.2) is 9.78 Å². The Labute approximate surface area is 94.9 Å². The van der Waals surface area contributed by atoms with Gasteiger partial charge in [-0.25, -0.2) is 4.68 Å². The molecule has 0 aliphatic rings. The van der Waals surface area contributed by atoms with E-state index < -0.39 is 0 Å². The fourth-order valence-corrected chi connectivity index (χ4v) is 1.49. The Balaban J connectivity index is 2.39. The Morgan fingerprint density at radius 3 is 2.44 bits per heavy atom. The lowest BCUT2D eigenvalue weighted by Gasteiger charge is -2.05. The largest absolute Gasteiger partial charge is 0.397 e. The van der Waals surface area contributed by atoms with Crippen LogP contribution in [0.3, 0.4) is 0 Å². The van der Waals surface area contributed by atoms with E-state index in [9.17, 15) is 0 Å². The zero-order chi connectivity index (χ0) is 11.7. The zero-order valence-corrected chi connectivity index (χ0v) is 9.51. The molecule has 16 heavy (non-hydrogen) atoms. The first-order chi connectivity index (χ1) is 7.58. The molecule has 0 amide bonds. The minimum atomic E-state index is 0.423. The highest BCUT2D eigenvalue weighted by molar-refractivity contribution is 5.66. The van der Waals surface area contributed by atoms with E-state index in [1.807, 2.05) is 29.1 Å². The van der Waals surface area contributed by atoms with Gasteiger partial charge in [-0.2, -0.15) is 5.10 Å². The molecule has 1 aromatic heterocycles. The van der Waals surface area contributed by atoms with Gasteiger partial charge in [0.15, 0.2) is 0 Å². The SMILES string of the molecule is CC(C)c1ccn(-c2ccc(N)c(N)c2)n1. The summed E-state index contributed by atoms with van der Waals surface area (Å²) >= 11 is 0. The summed E-state index contributed by atoms with van der Waals surface area (Å²) in [6.07, 6.45) is 1.93. The number of aromatic nitrogens is 2. The summed E-state index contributed by atoms with van der Waals surface area (Å²) in [6, 6.07) is 7.54. The molecular weight excluding hydrogens is 200 g/mol. The predicted octanol–water partition coefficient (Wildman–Crippen LogP) is 2.16. The third-order valence-corrected chi connectivity index (χ3v) is 2.54. The molecule has 0 spiro atoms. The van der Waals surface area contributed by atoms with Crippen molar-refractivity contribution in [2.45, 2.75) is 19.8 Å². The van der Waals surface area contributed by atoms with Gasteiger partial charge in [-0.15, -0.1) is 0 Å². The van der Waals surface area contributed by atoms with E-state index in [-0.39, 0.29) is 0 Å². The summed E-state index contributed by atoms with van der Waals surface area (Å²) in [4.78, 5) is 0. The van der Waals surface area contributed by atoms with Crippen LogP contribution >= 0.6 is 0 Å². The van der Waals surface area contributed by atoms with Crippen molar-refractivity contribution in [3.8, 4) is 5.69 Å². The fourth-order valence-electron chi connectivity index (χ4n) is 1.49. The summed E-state index contributed by atoms with van der Waals surface area (Å²) in [5, 5.41) is 4.47. The van der Waals surface area contributed by atoms with Crippen LogP contribution in [0, 0.1) is 0 Å². The summed E-state index contributed by atoms with van der Waals surface area (Å²) in [5.41, 5.74) is 14.6. The van der Waals surface area contributed by atoms with Gasteiger partial charge in [0.2, 0.25) is 0 Å². The Morgan fingerprint density at radius 2 is 1.88 bits per heavy atom. The Kier molecular flexibility index (Phi) is 2.56. The summed E-state index contributed by atoms with van der Waals surface area (Å²) in [6.45, 7) is 4.23. The van der Waals surface area contributed by atoms with Gasteiger partial charge in [-0.3, -0.25) is 0 Å². The molecule has 0 saturated heterocycles. The molecule has 0 aliphatic carbocycles. The summed E-state index contributed by atoms with van der Waals surface area (Å²) in [7, 11) is 0. The molecule has 0 unspecified atom stereocenters. The lowest BCUT2D eigenvalue weighted by Crippen LogP contribution is -2.00. The standard InChI is InChI=1S/C12H16N4/c1-8(2)12-5-6-16(15-12)9-3-4-10(13)11(14)7-9/h3-8H,13-14H2,1-2H3. The quantitative estimate of drug-likeness (QED) is 0.756. The van der Waals surface area contributed by atoms with E-state index in [1.165, 1.54) is 0 Å². The second kappa shape index (κ2) is 3.89. The van der Waals surface area contributed by atoms with E-state index in [4.69, 9.17) is 11.5 Å². The van der Waals surface area contributed by atoms with Gasteiger partial charge in [0.25, 0.3) is 0 Å². The van der Waals surface area contributed by atoms with Crippen LogP contribution in [0.25, 0.3) is 5.69 Å². The normalized spacial score (nSPS) is 10.9. The number of benzene rings is 1. The minimum absolute atomic E-state index is 0.423. The second-order valence-corrected chi connectivity index (χ2v) is 4.15. The highest BCUT2D eigenvalue weighted by atomic mass is 15.3. The molecule has 2 rings (SSSR count). The minimum Gasteiger partial charge on any atom is -0.397 e. The van der Waals surface area contributed by atoms with E-state index in [0.717, 1.165) is 11.4 Å². The number of nitrogens with zero attached hydrogens (tertiary/aromatic N) is 2. The Morgan fingerprint density at radius 1 is 1.12 bits per heavy atom. The molecule has 0 fully saturated rings. The Bertz CT molecular complexity index is 499. The highest BCUT2D eigenvalue weighted by Crippen LogP contribution is 2.19. The van der Waals surface area contributed by atoms with Crippen LogP contribution in [0.15, 0.2) is 30.5 Å². The van der Waals surface area contributed by atoms with Gasteiger partial charge in [-0.1, -0.05) is 13.8 Å². The maximum atomic E-state index is 5.76. The zero-order valence-electron chi connectivity index (χ0n) is 9.51. The molecule has 0 bridgehead atoms. The van der Waals surface area contributed by atoms with Crippen LogP contribution in [0.1, 0.15) is 25.5 Å². The van der Waals surface area contributed by atoms with Gasteiger partial charge in [0.1, 0.15) is 0 Å². The molecule has 4 nitrogen and oxygen atoms in total. The highest BCUT2D eigenvalue weighted by Gasteiger charge is 2.05. The van der Waals surface area contributed by atoms with E-state index in [1.54, 1.807) is 6.07 Å². The van der Waals surface area contributed by atoms with Crippen LogP contribution in [0.4, 0.5) is 11.4 Å². The summed E-state index contributed by atoms with van der Waals surface area (Å²) in [5.74, 6) is 0.423. The molecule has 1 aromatic carbocycles. The van der Waals surface area contributed by atoms with Crippen molar-refractivity contribution < 1.29 is 0 Å². The molecule has 4 heteroatoms.